The number of piperazine rings is 1. The van der Waals surface area contributed by atoms with E-state index in [0.29, 0.717) is 28.7 Å². The van der Waals surface area contributed by atoms with Gasteiger partial charge in [0.25, 0.3) is 0 Å². The monoisotopic (exact) mass is 583 g/mol. The van der Waals surface area contributed by atoms with Crippen LogP contribution in [-0.2, 0) is 11.4 Å². The van der Waals surface area contributed by atoms with Crippen molar-refractivity contribution in [2.45, 2.75) is 20.0 Å². The molecule has 41 heavy (non-hydrogen) atoms. The van der Waals surface area contributed by atoms with Gasteiger partial charge in [0.1, 0.15) is 11.7 Å². The van der Waals surface area contributed by atoms with Crippen molar-refractivity contribution < 1.29 is 14.3 Å². The first-order valence-corrected chi connectivity index (χ1v) is 14.5. The molecule has 1 N–H and O–H groups in total. The van der Waals surface area contributed by atoms with E-state index in [-0.39, 0.29) is 18.3 Å². The van der Waals surface area contributed by atoms with Crippen LogP contribution in [0.3, 0.4) is 0 Å². The number of aliphatic imine (C=N–C) groups is 1. The van der Waals surface area contributed by atoms with Gasteiger partial charge in [0.05, 0.1) is 29.4 Å². The van der Waals surface area contributed by atoms with E-state index >= 15 is 0 Å². The molecule has 1 aliphatic heterocycles. The Hall–Kier alpha value is -3.38. The van der Waals surface area contributed by atoms with Gasteiger partial charge in [-0.15, -0.1) is 0 Å². The molecule has 0 spiro atoms. The lowest BCUT2D eigenvalue weighted by Crippen LogP contribution is -2.49. The van der Waals surface area contributed by atoms with Gasteiger partial charge in [0, 0.05) is 72.7 Å². The summed E-state index contributed by atoms with van der Waals surface area (Å²) in [5, 5.41) is 10.6. The largest absolute Gasteiger partial charge is 0.391 e. The highest BCUT2D eigenvalue weighted by Crippen LogP contribution is 2.33. The molecule has 1 amide bonds. The second-order valence-corrected chi connectivity index (χ2v) is 11.1. The molecule has 1 aromatic carbocycles. The zero-order valence-electron chi connectivity index (χ0n) is 24.8. The summed E-state index contributed by atoms with van der Waals surface area (Å²) < 4.78 is 13.4. The molecule has 1 aromatic heterocycles. The number of aromatic nitrogens is 1. The minimum Gasteiger partial charge on any atom is -0.391 e. The number of benzene rings is 1. The van der Waals surface area contributed by atoms with Crippen molar-refractivity contribution in [2.24, 2.45) is 4.99 Å². The molecule has 11 heteroatoms. The smallest absolute Gasteiger partial charge is 0.236 e. The number of carbonyl (C=O) groups excluding carboxylic acids is 1. The second kappa shape index (κ2) is 15.6. The van der Waals surface area contributed by atoms with Crippen LogP contribution >= 0.6 is 11.3 Å². The summed E-state index contributed by atoms with van der Waals surface area (Å²) in [6.07, 6.45) is 8.48. The van der Waals surface area contributed by atoms with Gasteiger partial charge in [0.2, 0.25) is 5.91 Å². The Kier molecular flexibility index (Phi) is 12.2. The fourth-order valence-corrected chi connectivity index (χ4v) is 5.03. The second-order valence-electron chi connectivity index (χ2n) is 10.0. The number of halogens is 1. The molecule has 0 bridgehead atoms. The standard InChI is InChI=1S/C30H42FN7O2S/c1-7-25(20-36(6)30-33-29(26(22-39)41-30)23-11-13-24(31)14-12-23)32-27(35(5)8-2)10-9-15-37-16-18-38(19-17-37)21-28(40)34(3)4/h8-14,20,39H,2,7,15-19,21-22H2,1,3-6H3/b10-9-,25-20+,32-27-. The van der Waals surface area contributed by atoms with Gasteiger partial charge in [-0.1, -0.05) is 30.9 Å². The van der Waals surface area contributed by atoms with Crippen molar-refractivity contribution in [3.63, 3.8) is 0 Å². The van der Waals surface area contributed by atoms with Crippen LogP contribution in [0.15, 0.2) is 66.1 Å². The number of hydrogen-bond donors (Lipinski definition) is 1. The minimum absolute atomic E-state index is 0.133. The van der Waals surface area contributed by atoms with Gasteiger partial charge in [-0.3, -0.25) is 14.6 Å². The molecule has 0 unspecified atom stereocenters. The van der Waals surface area contributed by atoms with Crippen LogP contribution in [0.4, 0.5) is 9.52 Å². The minimum atomic E-state index is -0.314. The summed E-state index contributed by atoms with van der Waals surface area (Å²) in [4.78, 5) is 32.3. The average molecular weight is 584 g/mol. The van der Waals surface area contributed by atoms with Gasteiger partial charge in [0.15, 0.2) is 5.13 Å². The number of carbonyl (C=O) groups is 1. The van der Waals surface area contributed by atoms with Gasteiger partial charge >= 0.3 is 0 Å². The predicted molar refractivity (Wildman–Crippen MR) is 166 cm³/mol. The molecule has 222 valence electrons. The van der Waals surface area contributed by atoms with Crippen molar-refractivity contribution in [1.82, 2.24) is 24.6 Å². The number of amidine groups is 1. The van der Waals surface area contributed by atoms with Crippen LogP contribution in [-0.4, -0.2) is 109 Å². The van der Waals surface area contributed by atoms with Crippen molar-refractivity contribution in [1.29, 1.82) is 0 Å². The number of aliphatic hydroxyl groups excluding tert-OH is 1. The molecule has 0 saturated carbocycles. The van der Waals surface area contributed by atoms with E-state index < -0.39 is 0 Å². The number of thiazole rings is 1. The summed E-state index contributed by atoms with van der Waals surface area (Å²) in [6.45, 7) is 10.6. The van der Waals surface area contributed by atoms with Gasteiger partial charge in [-0.2, -0.15) is 0 Å². The Morgan fingerprint density at radius 2 is 1.80 bits per heavy atom. The predicted octanol–water partition coefficient (Wildman–Crippen LogP) is 3.86. The molecule has 3 rings (SSSR count). The zero-order chi connectivity index (χ0) is 29.9. The topological polar surface area (TPSA) is 78.8 Å². The molecule has 2 heterocycles. The van der Waals surface area contributed by atoms with Gasteiger partial charge < -0.3 is 19.8 Å². The van der Waals surface area contributed by atoms with Gasteiger partial charge in [-0.05, 0) is 43.0 Å². The maximum Gasteiger partial charge on any atom is 0.236 e. The summed E-state index contributed by atoms with van der Waals surface area (Å²) in [6, 6.07) is 6.12. The highest BCUT2D eigenvalue weighted by Gasteiger charge is 2.19. The first-order chi connectivity index (χ1) is 19.6. The first-order valence-electron chi connectivity index (χ1n) is 13.7. The van der Waals surface area contributed by atoms with E-state index in [4.69, 9.17) is 9.98 Å². The SMILES string of the molecule is C=CN(C)C(/C=C\CN1CCN(CC(=O)N(C)C)CC1)=N\C(=C\N(C)c1nc(-c2ccc(F)cc2)c(CO)s1)CC. The van der Waals surface area contributed by atoms with Crippen LogP contribution in [0.25, 0.3) is 11.3 Å². The van der Waals surface area contributed by atoms with E-state index in [0.717, 1.165) is 49.8 Å². The molecule has 1 aliphatic rings. The Balaban J connectivity index is 1.70. The van der Waals surface area contributed by atoms with Crippen molar-refractivity contribution in [3.8, 4) is 11.3 Å². The molecule has 9 nitrogen and oxygen atoms in total. The molecule has 2 aromatic rings. The summed E-state index contributed by atoms with van der Waals surface area (Å²) >= 11 is 1.39. The number of amides is 1. The molecular formula is C30H42FN7O2S. The summed E-state index contributed by atoms with van der Waals surface area (Å²) in [5.74, 6) is 0.582. The summed E-state index contributed by atoms with van der Waals surface area (Å²) in [5.41, 5.74) is 2.26. The maximum atomic E-state index is 13.4. The van der Waals surface area contributed by atoms with E-state index in [1.165, 1.54) is 23.5 Å². The molecule has 1 saturated heterocycles. The third-order valence-corrected chi connectivity index (χ3v) is 7.93. The summed E-state index contributed by atoms with van der Waals surface area (Å²) in [7, 11) is 7.39. The molecular weight excluding hydrogens is 541 g/mol. The number of aliphatic hydroxyl groups is 1. The Labute approximate surface area is 247 Å². The Morgan fingerprint density at radius 3 is 2.39 bits per heavy atom. The number of rotatable bonds is 12. The third-order valence-electron chi connectivity index (χ3n) is 6.80. The first kappa shape index (κ1) is 32.1. The van der Waals surface area contributed by atoms with Crippen LogP contribution < -0.4 is 4.90 Å². The fourth-order valence-electron chi connectivity index (χ4n) is 4.15. The van der Waals surface area contributed by atoms with E-state index in [2.05, 4.69) is 22.5 Å². The van der Waals surface area contributed by atoms with Crippen LogP contribution in [0.2, 0.25) is 0 Å². The maximum absolute atomic E-state index is 13.4. The van der Waals surface area contributed by atoms with Crippen LogP contribution in [0, 0.1) is 5.82 Å². The molecule has 0 aliphatic carbocycles. The van der Waals surface area contributed by atoms with Crippen molar-refractivity contribution in [3.05, 3.63) is 71.8 Å². The van der Waals surface area contributed by atoms with E-state index in [9.17, 15) is 14.3 Å². The van der Waals surface area contributed by atoms with Crippen LogP contribution in [0.1, 0.15) is 18.2 Å². The third kappa shape index (κ3) is 9.32. The number of hydrogen-bond acceptors (Lipinski definition) is 8. The van der Waals surface area contributed by atoms with E-state index in [1.54, 1.807) is 37.3 Å². The molecule has 1 fully saturated rings. The lowest BCUT2D eigenvalue weighted by molar-refractivity contribution is -0.130. The lowest BCUT2D eigenvalue weighted by Gasteiger charge is -2.34. The fraction of sp³-hybridized carbons (Fsp3) is 0.433. The highest BCUT2D eigenvalue weighted by molar-refractivity contribution is 7.16. The average Bonchev–Trinajstić information content (AvgIpc) is 3.41. The quantitative estimate of drug-likeness (QED) is 0.300. The molecule has 0 atom stereocenters. The lowest BCUT2D eigenvalue weighted by atomic mass is 10.1. The number of anilines is 1. The Morgan fingerprint density at radius 1 is 1.15 bits per heavy atom. The van der Waals surface area contributed by atoms with Crippen molar-refractivity contribution >= 4 is 28.2 Å². The highest BCUT2D eigenvalue weighted by atomic mass is 32.1. The Bertz CT molecular complexity index is 1250. The van der Waals surface area contributed by atoms with E-state index in [1.807, 2.05) is 43.1 Å². The molecule has 0 radical (unpaired) electrons. The normalized spacial score (nSPS) is 15.4. The number of allylic oxidation sites excluding steroid dienone is 1. The number of likely N-dealkylation sites (N-methyl/N-ethyl adjacent to an activating group) is 2. The zero-order valence-corrected chi connectivity index (χ0v) is 25.6. The van der Waals surface area contributed by atoms with Gasteiger partial charge in [-0.25, -0.2) is 14.4 Å². The number of nitrogens with zero attached hydrogens (tertiary/aromatic N) is 7. The van der Waals surface area contributed by atoms with Crippen LogP contribution in [0.5, 0.6) is 0 Å². The van der Waals surface area contributed by atoms with Crippen molar-refractivity contribution in [2.75, 3.05) is 72.4 Å².